The number of hydrogen-bond acceptors (Lipinski definition) is 2. The van der Waals surface area contributed by atoms with Crippen LogP contribution in [0.4, 0.5) is 0 Å². The van der Waals surface area contributed by atoms with Crippen molar-refractivity contribution in [3.8, 4) is 0 Å². The molecular formula is C13H15BrINO3. The number of carbonyl (C=O) groups excluding carboxylic acids is 1. The number of aliphatic carboxylic acids is 1. The molecule has 1 aromatic rings. The molecule has 104 valence electrons. The van der Waals surface area contributed by atoms with Gasteiger partial charge in [0.2, 0.25) is 0 Å². The van der Waals surface area contributed by atoms with Crippen LogP contribution in [0.2, 0.25) is 0 Å². The van der Waals surface area contributed by atoms with Crippen LogP contribution in [-0.2, 0) is 4.79 Å². The maximum atomic E-state index is 12.2. The second kappa shape index (κ2) is 6.21. The molecule has 0 bridgehead atoms. The number of carboxylic acids is 1. The van der Waals surface area contributed by atoms with Gasteiger partial charge in [0, 0.05) is 8.04 Å². The van der Waals surface area contributed by atoms with Crippen LogP contribution in [0.5, 0.6) is 0 Å². The highest BCUT2D eigenvalue weighted by Gasteiger charge is 2.33. The molecule has 0 aromatic heterocycles. The normalized spacial score (nSPS) is 12.9. The van der Waals surface area contributed by atoms with E-state index in [1.807, 2.05) is 28.7 Å². The van der Waals surface area contributed by atoms with Crippen molar-refractivity contribution in [2.75, 3.05) is 0 Å². The lowest BCUT2D eigenvalue weighted by atomic mass is 9.86. The molecule has 1 aromatic carbocycles. The fourth-order valence-electron chi connectivity index (χ4n) is 1.53. The molecule has 19 heavy (non-hydrogen) atoms. The van der Waals surface area contributed by atoms with Gasteiger partial charge >= 0.3 is 5.97 Å². The van der Waals surface area contributed by atoms with Crippen molar-refractivity contribution in [3.05, 3.63) is 31.8 Å². The van der Waals surface area contributed by atoms with E-state index in [2.05, 4.69) is 21.2 Å². The molecule has 0 aliphatic rings. The average Bonchev–Trinajstić information content (AvgIpc) is 2.26. The lowest BCUT2D eigenvalue weighted by Gasteiger charge is -2.27. The van der Waals surface area contributed by atoms with Gasteiger partial charge in [-0.2, -0.15) is 0 Å². The Hall–Kier alpha value is -0.630. The molecule has 0 heterocycles. The number of carbonyl (C=O) groups is 2. The van der Waals surface area contributed by atoms with Crippen molar-refractivity contribution in [3.63, 3.8) is 0 Å². The minimum Gasteiger partial charge on any atom is -0.480 e. The fraction of sp³-hybridized carbons (Fsp3) is 0.385. The molecule has 6 heteroatoms. The van der Waals surface area contributed by atoms with E-state index in [9.17, 15) is 14.7 Å². The second-order valence-electron chi connectivity index (χ2n) is 5.23. The summed E-state index contributed by atoms with van der Waals surface area (Å²) in [5.74, 6) is -1.42. The van der Waals surface area contributed by atoms with Crippen molar-refractivity contribution in [1.29, 1.82) is 0 Å². The van der Waals surface area contributed by atoms with Crippen molar-refractivity contribution in [1.82, 2.24) is 5.32 Å². The fourth-order valence-corrected chi connectivity index (χ4v) is 2.47. The maximum absolute atomic E-state index is 12.2. The predicted molar refractivity (Wildman–Crippen MR) is 85.2 cm³/mol. The molecule has 0 spiro atoms. The van der Waals surface area contributed by atoms with Crippen LogP contribution in [0.25, 0.3) is 0 Å². The Morgan fingerprint density at radius 2 is 1.95 bits per heavy atom. The van der Waals surface area contributed by atoms with Crippen LogP contribution in [0.3, 0.4) is 0 Å². The van der Waals surface area contributed by atoms with Gasteiger partial charge < -0.3 is 10.4 Å². The summed E-state index contributed by atoms with van der Waals surface area (Å²) >= 11 is 5.35. The Morgan fingerprint density at radius 3 is 2.42 bits per heavy atom. The molecule has 0 aliphatic heterocycles. The van der Waals surface area contributed by atoms with Crippen LogP contribution in [-0.4, -0.2) is 23.0 Å². The van der Waals surface area contributed by atoms with Gasteiger partial charge in [-0.15, -0.1) is 0 Å². The van der Waals surface area contributed by atoms with Crippen LogP contribution >= 0.6 is 38.5 Å². The first-order chi connectivity index (χ1) is 8.62. The van der Waals surface area contributed by atoms with E-state index >= 15 is 0 Å². The van der Waals surface area contributed by atoms with Gasteiger partial charge in [0.05, 0.1) is 5.56 Å². The number of carboxylic acid groups (broad SMARTS) is 1. The summed E-state index contributed by atoms with van der Waals surface area (Å²) < 4.78 is 1.55. The quantitative estimate of drug-likeness (QED) is 0.710. The van der Waals surface area contributed by atoms with E-state index in [0.717, 1.165) is 8.04 Å². The first-order valence-corrected chi connectivity index (χ1v) is 7.49. The second-order valence-corrected chi connectivity index (χ2v) is 7.31. The number of halogens is 2. The summed E-state index contributed by atoms with van der Waals surface area (Å²) in [7, 11) is 0. The summed E-state index contributed by atoms with van der Waals surface area (Å²) in [6.45, 7) is 5.33. The highest BCUT2D eigenvalue weighted by atomic mass is 127. The van der Waals surface area contributed by atoms with Crippen LogP contribution in [0.15, 0.2) is 22.7 Å². The molecule has 0 fully saturated rings. The monoisotopic (exact) mass is 439 g/mol. The largest absolute Gasteiger partial charge is 0.480 e. The molecule has 0 saturated heterocycles. The van der Waals surface area contributed by atoms with Gasteiger partial charge in [-0.3, -0.25) is 4.79 Å². The molecule has 2 N–H and O–H groups in total. The van der Waals surface area contributed by atoms with Crippen molar-refractivity contribution >= 4 is 50.4 Å². The molecule has 4 nitrogen and oxygen atoms in total. The minimum atomic E-state index is -1.04. The minimum absolute atomic E-state index is 0.381. The van der Waals surface area contributed by atoms with Crippen LogP contribution in [0, 0.1) is 8.99 Å². The van der Waals surface area contributed by atoms with Gasteiger partial charge in [-0.1, -0.05) is 36.7 Å². The zero-order valence-corrected chi connectivity index (χ0v) is 14.6. The van der Waals surface area contributed by atoms with Gasteiger partial charge in [0.1, 0.15) is 6.04 Å². The van der Waals surface area contributed by atoms with Crippen molar-refractivity contribution < 1.29 is 14.7 Å². The lowest BCUT2D eigenvalue weighted by Crippen LogP contribution is -2.49. The zero-order chi connectivity index (χ0) is 14.8. The summed E-state index contributed by atoms with van der Waals surface area (Å²) in [5.41, 5.74) is -0.0932. The summed E-state index contributed by atoms with van der Waals surface area (Å²) in [4.78, 5) is 23.4. The number of rotatable bonds is 3. The predicted octanol–water partition coefficient (Wildman–Crippen LogP) is 3.28. The van der Waals surface area contributed by atoms with E-state index in [1.165, 1.54) is 0 Å². The third kappa shape index (κ3) is 4.45. The highest BCUT2D eigenvalue weighted by molar-refractivity contribution is 14.1. The van der Waals surface area contributed by atoms with Gasteiger partial charge in [0.15, 0.2) is 0 Å². The Morgan fingerprint density at radius 1 is 1.37 bits per heavy atom. The number of amides is 1. The SMILES string of the molecule is CC(C)(C)[C@H](NC(=O)c1cc(Br)ccc1I)C(=O)O. The topological polar surface area (TPSA) is 66.4 Å². The van der Waals surface area contributed by atoms with Gasteiger partial charge in [-0.25, -0.2) is 4.79 Å². The van der Waals surface area contributed by atoms with E-state index in [0.29, 0.717) is 5.56 Å². The van der Waals surface area contributed by atoms with Crippen molar-refractivity contribution in [2.24, 2.45) is 5.41 Å². The standard InChI is InChI=1S/C13H15BrINO3/c1-13(2,3)10(12(18)19)16-11(17)8-6-7(14)4-5-9(8)15/h4-6,10H,1-3H3,(H,16,17)(H,18,19)/t10-/m1/s1. The van der Waals surface area contributed by atoms with Gasteiger partial charge in [-0.05, 0) is 46.2 Å². The van der Waals surface area contributed by atoms with E-state index < -0.39 is 17.4 Å². The molecule has 0 radical (unpaired) electrons. The molecule has 0 saturated carbocycles. The third-order valence-corrected chi connectivity index (χ3v) is 4.00. The Labute approximate surface area is 134 Å². The molecule has 1 atom stereocenters. The van der Waals surface area contributed by atoms with Gasteiger partial charge in [0.25, 0.3) is 5.91 Å². The Kier molecular flexibility index (Phi) is 5.37. The summed E-state index contributed by atoms with van der Waals surface area (Å²) in [6.07, 6.45) is 0. The Bertz CT molecular complexity index is 511. The maximum Gasteiger partial charge on any atom is 0.326 e. The first-order valence-electron chi connectivity index (χ1n) is 5.61. The van der Waals surface area contributed by atoms with Crippen LogP contribution < -0.4 is 5.32 Å². The lowest BCUT2D eigenvalue weighted by molar-refractivity contribution is -0.142. The molecule has 0 unspecified atom stereocenters. The number of hydrogen-bond donors (Lipinski definition) is 2. The molecule has 1 amide bonds. The average molecular weight is 440 g/mol. The highest BCUT2D eigenvalue weighted by Crippen LogP contribution is 2.22. The number of benzene rings is 1. The van der Waals surface area contributed by atoms with Crippen molar-refractivity contribution in [2.45, 2.75) is 26.8 Å². The summed E-state index contributed by atoms with van der Waals surface area (Å²) in [6, 6.07) is 4.37. The summed E-state index contributed by atoms with van der Waals surface area (Å²) in [5, 5.41) is 11.8. The van der Waals surface area contributed by atoms with Crippen LogP contribution in [0.1, 0.15) is 31.1 Å². The van der Waals surface area contributed by atoms with E-state index in [4.69, 9.17) is 0 Å². The molecular weight excluding hydrogens is 425 g/mol. The molecule has 0 aliphatic carbocycles. The first kappa shape index (κ1) is 16.4. The smallest absolute Gasteiger partial charge is 0.326 e. The van der Waals surface area contributed by atoms with E-state index in [1.54, 1.807) is 32.9 Å². The third-order valence-electron chi connectivity index (χ3n) is 2.56. The van der Waals surface area contributed by atoms with E-state index in [-0.39, 0.29) is 5.91 Å². The number of nitrogens with one attached hydrogen (secondary N) is 1. The molecule has 1 rings (SSSR count). The zero-order valence-electron chi connectivity index (χ0n) is 10.8. The Balaban J connectivity index is 3.01.